The van der Waals surface area contributed by atoms with Gasteiger partial charge in [0.1, 0.15) is 0 Å². The molecule has 0 aliphatic heterocycles. The minimum atomic E-state index is -1.11. The van der Waals surface area contributed by atoms with Crippen LogP contribution < -0.4 is 5.32 Å². The second kappa shape index (κ2) is 5.81. The molecule has 0 saturated carbocycles. The molecule has 0 heterocycles. The maximum absolute atomic E-state index is 11.1. The Bertz CT molecular complexity index is 250. The van der Waals surface area contributed by atoms with Crippen molar-refractivity contribution in [3.05, 3.63) is 0 Å². The fraction of sp³-hybridized carbons (Fsp3) is 0.800. The van der Waals surface area contributed by atoms with Crippen molar-refractivity contribution < 1.29 is 19.5 Å². The number of hydrogen-bond donors (Lipinski definition) is 2. The molecule has 6 nitrogen and oxygen atoms in total. The third-order valence-corrected chi connectivity index (χ3v) is 1.94. The first-order valence-electron chi connectivity index (χ1n) is 5.05. The van der Waals surface area contributed by atoms with Crippen LogP contribution in [0.4, 0.5) is 0 Å². The van der Waals surface area contributed by atoms with Gasteiger partial charge in [-0.15, -0.1) is 0 Å². The van der Waals surface area contributed by atoms with E-state index in [0.717, 1.165) is 5.06 Å². The van der Waals surface area contributed by atoms with Gasteiger partial charge < -0.3 is 10.4 Å². The van der Waals surface area contributed by atoms with E-state index >= 15 is 0 Å². The monoisotopic (exact) mass is 232 g/mol. The molecular weight excluding hydrogens is 212 g/mol. The fourth-order valence-electron chi connectivity index (χ4n) is 1.16. The van der Waals surface area contributed by atoms with E-state index in [1.54, 1.807) is 34.7 Å². The van der Waals surface area contributed by atoms with Crippen molar-refractivity contribution in [2.75, 3.05) is 7.05 Å². The number of carbonyl (C=O) groups excluding carboxylic acids is 1. The first-order valence-corrected chi connectivity index (χ1v) is 5.05. The van der Waals surface area contributed by atoms with Crippen LogP contribution in [0.15, 0.2) is 0 Å². The quantitative estimate of drug-likeness (QED) is 0.506. The summed E-state index contributed by atoms with van der Waals surface area (Å²) in [4.78, 5) is 27.2. The van der Waals surface area contributed by atoms with Gasteiger partial charge in [-0.25, -0.2) is 9.86 Å². The van der Waals surface area contributed by atoms with Gasteiger partial charge in [-0.2, -0.15) is 0 Å². The normalized spacial score (nSPS) is 15.3. The second-order valence-electron chi connectivity index (χ2n) is 4.53. The van der Waals surface area contributed by atoms with Crippen LogP contribution in [0, 0.1) is 0 Å². The number of carboxylic acids is 1. The lowest BCUT2D eigenvalue weighted by molar-refractivity contribution is -0.237. The number of carboxylic acid groups (broad SMARTS) is 1. The predicted molar refractivity (Wildman–Crippen MR) is 58.7 cm³/mol. The Morgan fingerprint density at radius 1 is 1.50 bits per heavy atom. The van der Waals surface area contributed by atoms with Crippen LogP contribution in [0.2, 0.25) is 0 Å². The second-order valence-corrected chi connectivity index (χ2v) is 4.53. The predicted octanol–water partition coefficient (Wildman–Crippen LogP) is 0.236. The highest BCUT2D eigenvalue weighted by Crippen LogP contribution is 2.13. The highest BCUT2D eigenvalue weighted by molar-refractivity contribution is 5.76. The van der Waals surface area contributed by atoms with Gasteiger partial charge in [0.15, 0.2) is 6.04 Å². The Balaban J connectivity index is 4.86. The molecule has 2 unspecified atom stereocenters. The molecule has 0 aromatic rings. The molecule has 0 aliphatic carbocycles. The number of nitrogens with zero attached hydrogens (tertiary/aromatic N) is 1. The molecule has 0 fully saturated rings. The minimum Gasteiger partial charge on any atom is -0.480 e. The van der Waals surface area contributed by atoms with E-state index in [1.807, 2.05) is 0 Å². The van der Waals surface area contributed by atoms with E-state index in [2.05, 4.69) is 5.32 Å². The number of nitrogens with one attached hydrogen (secondary N) is 1. The largest absolute Gasteiger partial charge is 0.480 e. The number of hydroxylamine groups is 2. The van der Waals surface area contributed by atoms with Crippen LogP contribution in [0.25, 0.3) is 0 Å². The Kier molecular flexibility index (Phi) is 5.40. The molecule has 0 aromatic carbocycles. The van der Waals surface area contributed by atoms with E-state index in [-0.39, 0.29) is 0 Å². The molecule has 6 heteroatoms. The average molecular weight is 232 g/mol. The van der Waals surface area contributed by atoms with Crippen molar-refractivity contribution in [2.45, 2.75) is 45.4 Å². The molecule has 16 heavy (non-hydrogen) atoms. The number of rotatable bonds is 6. The van der Waals surface area contributed by atoms with Crippen LogP contribution in [0.5, 0.6) is 0 Å². The summed E-state index contributed by atoms with van der Waals surface area (Å²) < 4.78 is 0. The molecule has 0 saturated heterocycles. The minimum absolute atomic E-state index is 0.387. The van der Waals surface area contributed by atoms with Gasteiger partial charge in [0.25, 0.3) is 0 Å². The molecule has 0 radical (unpaired) electrons. The third-order valence-electron chi connectivity index (χ3n) is 1.94. The smallest absolute Gasteiger partial charge is 0.330 e. The summed E-state index contributed by atoms with van der Waals surface area (Å²) in [6.45, 7) is 6.90. The maximum atomic E-state index is 11.1. The SMILES string of the molecule is CNC(C)C(C(=O)O)N(C=O)OC(C)(C)C. The number of amides is 1. The van der Waals surface area contributed by atoms with Crippen molar-refractivity contribution in [3.63, 3.8) is 0 Å². The Hall–Kier alpha value is -1.14. The average Bonchev–Trinajstić information content (AvgIpc) is 2.13. The Morgan fingerprint density at radius 3 is 2.25 bits per heavy atom. The maximum Gasteiger partial charge on any atom is 0.330 e. The molecule has 2 N–H and O–H groups in total. The lowest BCUT2D eigenvalue weighted by Crippen LogP contribution is -2.53. The summed E-state index contributed by atoms with van der Waals surface area (Å²) >= 11 is 0. The molecular formula is C10H20N2O4. The van der Waals surface area contributed by atoms with Crippen molar-refractivity contribution >= 4 is 12.4 Å². The van der Waals surface area contributed by atoms with Crippen LogP contribution >= 0.6 is 0 Å². The molecule has 0 aliphatic rings. The lowest BCUT2D eigenvalue weighted by atomic mass is 10.1. The summed E-state index contributed by atoms with van der Waals surface area (Å²) in [6, 6.07) is -1.47. The lowest BCUT2D eigenvalue weighted by Gasteiger charge is -2.33. The zero-order valence-electron chi connectivity index (χ0n) is 10.4. The Labute approximate surface area is 95.5 Å². The van der Waals surface area contributed by atoms with Gasteiger partial charge in [-0.1, -0.05) is 0 Å². The molecule has 94 valence electrons. The zero-order valence-corrected chi connectivity index (χ0v) is 10.4. The van der Waals surface area contributed by atoms with E-state index in [1.165, 1.54) is 0 Å². The zero-order chi connectivity index (χ0) is 12.9. The van der Waals surface area contributed by atoms with Crippen LogP contribution in [-0.4, -0.2) is 47.3 Å². The fourth-order valence-corrected chi connectivity index (χ4v) is 1.16. The summed E-state index contributed by atoms with van der Waals surface area (Å²) in [7, 11) is 1.63. The molecule has 0 bridgehead atoms. The van der Waals surface area contributed by atoms with E-state index in [4.69, 9.17) is 9.94 Å². The van der Waals surface area contributed by atoms with Crippen LogP contribution in [0.3, 0.4) is 0 Å². The topological polar surface area (TPSA) is 78.9 Å². The Morgan fingerprint density at radius 2 is 2.00 bits per heavy atom. The number of likely N-dealkylation sites (N-methyl/N-ethyl adjacent to an activating group) is 1. The van der Waals surface area contributed by atoms with Gasteiger partial charge in [0.2, 0.25) is 6.41 Å². The highest BCUT2D eigenvalue weighted by Gasteiger charge is 2.33. The van der Waals surface area contributed by atoms with E-state index in [0.29, 0.717) is 6.41 Å². The van der Waals surface area contributed by atoms with E-state index in [9.17, 15) is 9.59 Å². The van der Waals surface area contributed by atoms with Crippen LogP contribution in [-0.2, 0) is 14.4 Å². The van der Waals surface area contributed by atoms with Gasteiger partial charge in [-0.05, 0) is 34.7 Å². The summed E-state index contributed by atoms with van der Waals surface area (Å²) in [5, 5.41) is 12.7. The summed E-state index contributed by atoms with van der Waals surface area (Å²) in [5.41, 5.74) is -0.623. The summed E-state index contributed by atoms with van der Waals surface area (Å²) in [6.07, 6.45) is 0.387. The van der Waals surface area contributed by atoms with Crippen molar-refractivity contribution in [1.82, 2.24) is 10.4 Å². The molecule has 2 atom stereocenters. The molecule has 0 spiro atoms. The number of hydrogen-bond acceptors (Lipinski definition) is 4. The van der Waals surface area contributed by atoms with Gasteiger partial charge in [0, 0.05) is 6.04 Å². The third kappa shape index (κ3) is 4.59. The van der Waals surface area contributed by atoms with Crippen molar-refractivity contribution in [1.29, 1.82) is 0 Å². The van der Waals surface area contributed by atoms with Gasteiger partial charge in [0.05, 0.1) is 5.60 Å². The van der Waals surface area contributed by atoms with E-state index < -0.39 is 23.7 Å². The van der Waals surface area contributed by atoms with Crippen LogP contribution in [0.1, 0.15) is 27.7 Å². The summed E-state index contributed by atoms with van der Waals surface area (Å²) in [5.74, 6) is -1.11. The molecule has 1 amide bonds. The standard InChI is InChI=1S/C10H20N2O4/c1-7(11-5)8(9(14)15)12(6-13)16-10(2,3)4/h6-8,11H,1-5H3,(H,14,15). The number of aliphatic carboxylic acids is 1. The molecule has 0 aromatic heterocycles. The van der Waals surface area contributed by atoms with Crippen molar-refractivity contribution in [2.24, 2.45) is 0 Å². The first-order chi connectivity index (χ1) is 7.22. The number of carbonyl (C=O) groups is 2. The highest BCUT2D eigenvalue weighted by atomic mass is 16.7. The van der Waals surface area contributed by atoms with Gasteiger partial charge >= 0.3 is 5.97 Å². The first kappa shape index (κ1) is 14.9. The van der Waals surface area contributed by atoms with Gasteiger partial charge in [-0.3, -0.25) is 9.63 Å². The van der Waals surface area contributed by atoms with Crippen molar-refractivity contribution in [3.8, 4) is 0 Å². The molecule has 0 rings (SSSR count).